The number of imidazole rings is 1. The first-order valence-electron chi connectivity index (χ1n) is 9.61. The smallest absolute Gasteiger partial charge is 0.236 e. The summed E-state index contributed by atoms with van der Waals surface area (Å²) in [5.74, 6) is 0.887. The Labute approximate surface area is 163 Å². The second-order valence-corrected chi connectivity index (χ2v) is 7.61. The van der Waals surface area contributed by atoms with E-state index in [0.717, 1.165) is 17.9 Å². The number of carbonyl (C=O) groups is 1. The van der Waals surface area contributed by atoms with Crippen molar-refractivity contribution in [3.8, 4) is 0 Å². The number of nitrogens with zero attached hydrogens (tertiary/aromatic N) is 4. The van der Waals surface area contributed by atoms with Crippen molar-refractivity contribution in [2.24, 2.45) is 12.8 Å². The monoisotopic (exact) mass is 387 g/mol. The van der Waals surface area contributed by atoms with Gasteiger partial charge in [0.15, 0.2) is 0 Å². The summed E-state index contributed by atoms with van der Waals surface area (Å²) in [5, 5.41) is 0. The normalized spacial score (nSPS) is 26.0. The predicted octanol–water partition coefficient (Wildman–Crippen LogP) is 0.886. The van der Waals surface area contributed by atoms with Crippen LogP contribution in [0, 0.1) is 5.82 Å². The Morgan fingerprint density at radius 3 is 2.79 bits per heavy atom. The Morgan fingerprint density at radius 2 is 2.07 bits per heavy atom. The van der Waals surface area contributed by atoms with Crippen LogP contribution in [0.15, 0.2) is 36.7 Å². The predicted molar refractivity (Wildman–Crippen MR) is 102 cm³/mol. The number of carbonyl (C=O) groups excluding carboxylic acids is 1. The van der Waals surface area contributed by atoms with Crippen LogP contribution in [-0.4, -0.2) is 70.6 Å². The number of benzene rings is 1. The third kappa shape index (κ3) is 3.94. The lowest BCUT2D eigenvalue weighted by Crippen LogP contribution is -2.46. The van der Waals surface area contributed by atoms with Crippen molar-refractivity contribution in [2.75, 3.05) is 39.3 Å². The van der Waals surface area contributed by atoms with E-state index in [-0.39, 0.29) is 29.8 Å². The van der Waals surface area contributed by atoms with Crippen molar-refractivity contribution in [1.29, 1.82) is 0 Å². The lowest BCUT2D eigenvalue weighted by atomic mass is 10.0. The van der Waals surface area contributed by atoms with Gasteiger partial charge in [0.2, 0.25) is 5.91 Å². The summed E-state index contributed by atoms with van der Waals surface area (Å²) in [5.41, 5.74) is 7.21. The van der Waals surface area contributed by atoms with E-state index in [2.05, 4.69) is 9.88 Å². The number of rotatable bonds is 4. The van der Waals surface area contributed by atoms with E-state index in [9.17, 15) is 9.18 Å². The van der Waals surface area contributed by atoms with Gasteiger partial charge in [-0.15, -0.1) is 0 Å². The van der Waals surface area contributed by atoms with Crippen molar-refractivity contribution < 1.29 is 13.9 Å². The number of morpholine rings is 1. The summed E-state index contributed by atoms with van der Waals surface area (Å²) in [7, 11) is 1.96. The number of amides is 1. The summed E-state index contributed by atoms with van der Waals surface area (Å²) in [6.07, 6.45) is 3.47. The summed E-state index contributed by atoms with van der Waals surface area (Å²) in [6, 6.07) is 6.23. The van der Waals surface area contributed by atoms with Crippen molar-refractivity contribution in [3.63, 3.8) is 0 Å². The Bertz CT molecular complexity index is 824. The quantitative estimate of drug-likeness (QED) is 0.843. The molecule has 0 bridgehead atoms. The minimum absolute atomic E-state index is 0.0365. The standard InChI is InChI=1S/C20H26FN5O2/c1-24-7-6-23-20(24)16-10-25(11-17(16)22)13-19(27)26-8-9-28-18(12-26)14-2-4-15(21)5-3-14/h2-7,16-18H,8-13,22H2,1H3/t16-,17-,18?/m1/s1. The van der Waals surface area contributed by atoms with E-state index in [4.69, 9.17) is 10.5 Å². The molecule has 0 spiro atoms. The Morgan fingerprint density at radius 1 is 1.29 bits per heavy atom. The molecule has 2 aromatic rings. The lowest BCUT2D eigenvalue weighted by Gasteiger charge is -2.34. The van der Waals surface area contributed by atoms with Gasteiger partial charge >= 0.3 is 0 Å². The van der Waals surface area contributed by atoms with Crippen LogP contribution in [0.1, 0.15) is 23.4 Å². The molecule has 2 fully saturated rings. The molecule has 2 N–H and O–H groups in total. The van der Waals surface area contributed by atoms with Crippen LogP contribution in [-0.2, 0) is 16.6 Å². The van der Waals surface area contributed by atoms with Gasteiger partial charge in [-0.1, -0.05) is 12.1 Å². The van der Waals surface area contributed by atoms with Crippen LogP contribution >= 0.6 is 0 Å². The molecule has 3 atom stereocenters. The van der Waals surface area contributed by atoms with E-state index < -0.39 is 0 Å². The first-order chi connectivity index (χ1) is 13.5. The van der Waals surface area contributed by atoms with Crippen LogP contribution < -0.4 is 5.73 Å². The van der Waals surface area contributed by atoms with Gasteiger partial charge in [-0.2, -0.15) is 0 Å². The Kier molecular flexibility index (Phi) is 5.43. The average molecular weight is 387 g/mol. The number of likely N-dealkylation sites (tertiary alicyclic amines) is 1. The topological polar surface area (TPSA) is 76.6 Å². The van der Waals surface area contributed by atoms with E-state index in [0.29, 0.717) is 32.8 Å². The molecular weight excluding hydrogens is 361 g/mol. The second kappa shape index (κ2) is 7.98. The van der Waals surface area contributed by atoms with Crippen molar-refractivity contribution in [1.82, 2.24) is 19.4 Å². The molecule has 1 amide bonds. The summed E-state index contributed by atoms with van der Waals surface area (Å²) < 4.78 is 20.9. The van der Waals surface area contributed by atoms with Crippen molar-refractivity contribution in [3.05, 3.63) is 53.9 Å². The highest BCUT2D eigenvalue weighted by Crippen LogP contribution is 2.26. The zero-order chi connectivity index (χ0) is 19.7. The lowest BCUT2D eigenvalue weighted by molar-refractivity contribution is -0.140. The molecule has 8 heteroatoms. The molecule has 2 saturated heterocycles. The minimum Gasteiger partial charge on any atom is -0.370 e. The second-order valence-electron chi connectivity index (χ2n) is 7.61. The SMILES string of the molecule is Cn1ccnc1[C@@H]1CN(CC(=O)N2CCOC(c3ccc(F)cc3)C2)C[C@H]1N. The number of nitrogens with two attached hydrogens (primary N) is 1. The number of halogens is 1. The molecule has 0 aliphatic carbocycles. The fraction of sp³-hybridized carbons (Fsp3) is 0.500. The molecule has 2 aliphatic heterocycles. The van der Waals surface area contributed by atoms with Gasteiger partial charge in [0.05, 0.1) is 19.7 Å². The molecule has 7 nitrogen and oxygen atoms in total. The number of aromatic nitrogens is 2. The maximum Gasteiger partial charge on any atom is 0.236 e. The van der Waals surface area contributed by atoms with Gasteiger partial charge in [-0.3, -0.25) is 9.69 Å². The van der Waals surface area contributed by atoms with Gasteiger partial charge in [-0.05, 0) is 17.7 Å². The molecule has 1 aromatic carbocycles. The fourth-order valence-corrected chi connectivity index (χ4v) is 4.10. The Hall–Kier alpha value is -2.29. The number of ether oxygens (including phenoxy) is 1. The van der Waals surface area contributed by atoms with Crippen molar-refractivity contribution >= 4 is 5.91 Å². The van der Waals surface area contributed by atoms with Crippen molar-refractivity contribution in [2.45, 2.75) is 18.1 Å². The zero-order valence-electron chi connectivity index (χ0n) is 16.0. The molecular formula is C20H26FN5O2. The van der Waals surface area contributed by atoms with Crippen LogP contribution in [0.5, 0.6) is 0 Å². The van der Waals surface area contributed by atoms with E-state index >= 15 is 0 Å². The molecule has 0 radical (unpaired) electrons. The third-order valence-corrected chi connectivity index (χ3v) is 5.65. The van der Waals surface area contributed by atoms with E-state index in [1.807, 2.05) is 22.7 Å². The van der Waals surface area contributed by atoms with Crippen LogP contribution in [0.3, 0.4) is 0 Å². The van der Waals surface area contributed by atoms with Gasteiger partial charge in [-0.25, -0.2) is 9.37 Å². The largest absolute Gasteiger partial charge is 0.370 e. The number of hydrogen-bond acceptors (Lipinski definition) is 5. The van der Waals surface area contributed by atoms with Gasteiger partial charge in [0.1, 0.15) is 17.7 Å². The molecule has 28 heavy (non-hydrogen) atoms. The minimum atomic E-state index is -0.278. The van der Waals surface area contributed by atoms with Crippen LogP contribution in [0.2, 0.25) is 0 Å². The fourth-order valence-electron chi connectivity index (χ4n) is 4.10. The highest BCUT2D eigenvalue weighted by Gasteiger charge is 2.35. The molecule has 4 rings (SSSR count). The molecule has 0 saturated carbocycles. The molecule has 2 aliphatic rings. The summed E-state index contributed by atoms with van der Waals surface area (Å²) in [6.45, 7) is 3.26. The average Bonchev–Trinajstić information content (AvgIpc) is 3.27. The van der Waals surface area contributed by atoms with Gasteiger partial charge in [0, 0.05) is 51.0 Å². The zero-order valence-corrected chi connectivity index (χ0v) is 16.0. The first-order valence-corrected chi connectivity index (χ1v) is 9.61. The van der Waals surface area contributed by atoms with Crippen LogP contribution in [0.25, 0.3) is 0 Å². The summed E-state index contributed by atoms with van der Waals surface area (Å²) in [4.78, 5) is 21.2. The maximum atomic E-state index is 13.1. The van der Waals surface area contributed by atoms with E-state index in [1.54, 1.807) is 18.3 Å². The maximum absolute atomic E-state index is 13.1. The Balaban J connectivity index is 1.36. The highest BCUT2D eigenvalue weighted by molar-refractivity contribution is 5.78. The molecule has 3 heterocycles. The third-order valence-electron chi connectivity index (χ3n) is 5.65. The number of aryl methyl sites for hydroxylation is 1. The van der Waals surface area contributed by atoms with Gasteiger partial charge in [0.25, 0.3) is 0 Å². The van der Waals surface area contributed by atoms with Crippen LogP contribution in [0.4, 0.5) is 4.39 Å². The molecule has 1 aromatic heterocycles. The molecule has 1 unspecified atom stereocenters. The van der Waals surface area contributed by atoms with Gasteiger partial charge < -0.3 is 19.9 Å². The number of hydrogen-bond donors (Lipinski definition) is 1. The first kappa shape index (κ1) is 19.0. The van der Waals surface area contributed by atoms with E-state index in [1.165, 1.54) is 12.1 Å². The molecule has 150 valence electrons. The summed E-state index contributed by atoms with van der Waals surface area (Å²) >= 11 is 0. The highest BCUT2D eigenvalue weighted by atomic mass is 19.1.